The number of hydrogen-bond acceptors (Lipinski definition) is 8. The first-order valence-corrected chi connectivity index (χ1v) is 9.97. The van der Waals surface area contributed by atoms with Crippen LogP contribution < -0.4 is 10.2 Å². The summed E-state index contributed by atoms with van der Waals surface area (Å²) in [4.78, 5) is 15.5. The highest BCUT2D eigenvalue weighted by atomic mass is 32.2. The van der Waals surface area contributed by atoms with E-state index in [1.165, 1.54) is 11.3 Å². The molecule has 1 amide bonds. The highest BCUT2D eigenvalue weighted by Gasteiger charge is 2.17. The molecule has 26 heavy (non-hydrogen) atoms. The van der Waals surface area contributed by atoms with Crippen LogP contribution in [0.3, 0.4) is 0 Å². The van der Waals surface area contributed by atoms with Crippen molar-refractivity contribution in [1.29, 1.82) is 5.26 Å². The average Bonchev–Trinajstić information content (AvgIpc) is 3.15. The number of nitriles is 1. The number of hydrogen-bond donors (Lipinski definition) is 1. The van der Waals surface area contributed by atoms with E-state index in [9.17, 15) is 10.1 Å². The Morgan fingerprint density at radius 2 is 2.08 bits per heavy atom. The highest BCUT2D eigenvalue weighted by molar-refractivity contribution is 7.98. The Morgan fingerprint density at radius 1 is 1.35 bits per heavy atom. The van der Waals surface area contributed by atoms with Crippen LogP contribution in [0.15, 0.2) is 34.7 Å². The van der Waals surface area contributed by atoms with Crippen molar-refractivity contribution in [2.24, 2.45) is 0 Å². The first-order chi connectivity index (χ1) is 12.7. The van der Waals surface area contributed by atoms with Gasteiger partial charge in [-0.1, -0.05) is 23.5 Å². The molecule has 0 spiro atoms. The lowest BCUT2D eigenvalue weighted by atomic mass is 10.1. The van der Waals surface area contributed by atoms with Gasteiger partial charge in [0.2, 0.25) is 10.3 Å². The van der Waals surface area contributed by atoms with E-state index in [2.05, 4.69) is 20.4 Å². The van der Waals surface area contributed by atoms with Gasteiger partial charge in [0.25, 0.3) is 5.91 Å². The summed E-state index contributed by atoms with van der Waals surface area (Å²) in [5.41, 5.74) is 0.811. The molecule has 0 aliphatic carbocycles. The predicted octanol–water partition coefficient (Wildman–Crippen LogP) is 2.64. The lowest BCUT2D eigenvalue weighted by Gasteiger charge is -2.25. The molecule has 0 atom stereocenters. The van der Waals surface area contributed by atoms with E-state index in [-0.39, 0.29) is 5.57 Å². The summed E-state index contributed by atoms with van der Waals surface area (Å²) < 4.78 is 5.31. The van der Waals surface area contributed by atoms with E-state index >= 15 is 0 Å². The van der Waals surface area contributed by atoms with E-state index in [0.29, 0.717) is 18.3 Å². The zero-order chi connectivity index (χ0) is 18.4. The molecule has 2 heterocycles. The highest BCUT2D eigenvalue weighted by Crippen LogP contribution is 2.25. The molecule has 0 radical (unpaired) electrons. The molecule has 0 unspecified atom stereocenters. The normalized spacial score (nSPS) is 14.8. The quantitative estimate of drug-likeness (QED) is 0.479. The van der Waals surface area contributed by atoms with Crippen molar-refractivity contribution < 1.29 is 9.53 Å². The fraction of sp³-hybridized carbons (Fsp3) is 0.294. The molecule has 9 heteroatoms. The van der Waals surface area contributed by atoms with Crippen LogP contribution >= 0.6 is 23.1 Å². The molecule has 1 aliphatic heterocycles. The molecule has 1 aromatic heterocycles. The van der Waals surface area contributed by atoms with Crippen molar-refractivity contribution in [2.45, 2.75) is 4.90 Å². The fourth-order valence-corrected chi connectivity index (χ4v) is 3.53. The van der Waals surface area contributed by atoms with Crippen LogP contribution in [0.1, 0.15) is 5.56 Å². The molecule has 1 aromatic carbocycles. The largest absolute Gasteiger partial charge is 0.378 e. The summed E-state index contributed by atoms with van der Waals surface area (Å²) in [7, 11) is 0. The van der Waals surface area contributed by atoms with Gasteiger partial charge in [-0.3, -0.25) is 10.1 Å². The Bertz CT molecular complexity index is 836. The molecule has 134 valence electrons. The summed E-state index contributed by atoms with van der Waals surface area (Å²) in [6, 6.07) is 9.58. The standard InChI is InChI=1S/C17H17N5O2S2/c1-25-14-4-2-12(3-5-14)10-13(11-18)15(23)19-16-20-21-17(26-16)22-6-8-24-9-7-22/h2-5,10H,6-9H2,1H3,(H,19,20,23)/b13-10-. The molecule has 1 aliphatic rings. The summed E-state index contributed by atoms with van der Waals surface area (Å²) >= 11 is 2.92. The number of nitrogens with zero attached hydrogens (tertiary/aromatic N) is 4. The van der Waals surface area contributed by atoms with Crippen molar-refractivity contribution in [3.8, 4) is 6.07 Å². The number of thioether (sulfide) groups is 1. The summed E-state index contributed by atoms with van der Waals surface area (Å²) in [6.07, 6.45) is 3.55. The number of amides is 1. The maximum Gasteiger partial charge on any atom is 0.268 e. The van der Waals surface area contributed by atoms with Gasteiger partial charge in [-0.2, -0.15) is 5.26 Å². The van der Waals surface area contributed by atoms with Crippen LogP contribution in [-0.2, 0) is 9.53 Å². The van der Waals surface area contributed by atoms with Gasteiger partial charge >= 0.3 is 0 Å². The average molecular weight is 387 g/mol. The molecular formula is C17H17N5O2S2. The maximum atomic E-state index is 12.4. The number of rotatable bonds is 5. The van der Waals surface area contributed by atoms with E-state index in [1.54, 1.807) is 17.8 Å². The zero-order valence-electron chi connectivity index (χ0n) is 14.1. The number of benzene rings is 1. The Balaban J connectivity index is 1.68. The minimum Gasteiger partial charge on any atom is -0.378 e. The first-order valence-electron chi connectivity index (χ1n) is 7.93. The number of carbonyl (C=O) groups is 1. The minimum atomic E-state index is -0.494. The Hall–Kier alpha value is -2.41. The lowest BCUT2D eigenvalue weighted by Crippen LogP contribution is -2.36. The summed E-state index contributed by atoms with van der Waals surface area (Å²) in [5, 5.41) is 21.2. The van der Waals surface area contributed by atoms with Crippen LogP contribution in [0.2, 0.25) is 0 Å². The number of anilines is 2. The fourth-order valence-electron chi connectivity index (χ4n) is 2.33. The van der Waals surface area contributed by atoms with Crippen LogP contribution in [-0.4, -0.2) is 48.7 Å². The lowest BCUT2D eigenvalue weighted by molar-refractivity contribution is -0.112. The second-order valence-electron chi connectivity index (χ2n) is 5.39. The second kappa shape index (κ2) is 8.80. The minimum absolute atomic E-state index is 0.0185. The van der Waals surface area contributed by atoms with E-state index in [0.717, 1.165) is 28.7 Å². The molecular weight excluding hydrogens is 370 g/mol. The number of carbonyl (C=O) groups excluding carboxylic acids is 1. The third-order valence-electron chi connectivity index (χ3n) is 3.71. The molecule has 1 N–H and O–H groups in total. The van der Waals surface area contributed by atoms with Gasteiger partial charge in [0.15, 0.2) is 0 Å². The maximum absolute atomic E-state index is 12.4. The monoisotopic (exact) mass is 387 g/mol. The topological polar surface area (TPSA) is 91.1 Å². The van der Waals surface area contributed by atoms with Gasteiger partial charge in [-0.25, -0.2) is 0 Å². The van der Waals surface area contributed by atoms with E-state index < -0.39 is 5.91 Å². The summed E-state index contributed by atoms with van der Waals surface area (Å²) in [5.74, 6) is -0.494. The number of ether oxygens (including phenoxy) is 1. The van der Waals surface area contributed by atoms with Crippen LogP contribution in [0.5, 0.6) is 0 Å². The van der Waals surface area contributed by atoms with Crippen LogP contribution in [0.4, 0.5) is 10.3 Å². The second-order valence-corrected chi connectivity index (χ2v) is 7.22. The molecule has 3 rings (SSSR count). The third-order valence-corrected chi connectivity index (χ3v) is 5.35. The van der Waals surface area contributed by atoms with Gasteiger partial charge < -0.3 is 9.64 Å². The number of nitrogens with one attached hydrogen (secondary N) is 1. The van der Waals surface area contributed by atoms with Gasteiger partial charge in [-0.05, 0) is 30.0 Å². The molecule has 0 saturated carbocycles. The van der Waals surface area contributed by atoms with Crippen molar-refractivity contribution in [1.82, 2.24) is 10.2 Å². The van der Waals surface area contributed by atoms with Gasteiger partial charge in [0.05, 0.1) is 13.2 Å². The van der Waals surface area contributed by atoms with Gasteiger partial charge in [0, 0.05) is 18.0 Å². The molecule has 7 nitrogen and oxygen atoms in total. The zero-order valence-corrected chi connectivity index (χ0v) is 15.8. The predicted molar refractivity (Wildman–Crippen MR) is 103 cm³/mol. The Morgan fingerprint density at radius 3 is 2.73 bits per heavy atom. The first kappa shape index (κ1) is 18.4. The molecule has 1 fully saturated rings. The van der Waals surface area contributed by atoms with Crippen LogP contribution in [0.25, 0.3) is 6.08 Å². The Labute approximate surface area is 159 Å². The van der Waals surface area contributed by atoms with Crippen molar-refractivity contribution in [2.75, 3.05) is 42.8 Å². The van der Waals surface area contributed by atoms with Gasteiger partial charge in [-0.15, -0.1) is 22.0 Å². The van der Waals surface area contributed by atoms with Crippen molar-refractivity contribution in [3.05, 3.63) is 35.4 Å². The van der Waals surface area contributed by atoms with E-state index in [1.807, 2.05) is 36.6 Å². The SMILES string of the molecule is CSc1ccc(/C=C(/C#N)C(=O)Nc2nnc(N3CCOCC3)s2)cc1. The van der Waals surface area contributed by atoms with E-state index in [4.69, 9.17) is 4.74 Å². The van der Waals surface area contributed by atoms with Crippen molar-refractivity contribution in [3.63, 3.8) is 0 Å². The smallest absolute Gasteiger partial charge is 0.268 e. The summed E-state index contributed by atoms with van der Waals surface area (Å²) in [6.45, 7) is 2.80. The van der Waals surface area contributed by atoms with Crippen molar-refractivity contribution >= 4 is 45.3 Å². The Kier molecular flexibility index (Phi) is 6.22. The third kappa shape index (κ3) is 4.60. The molecule has 1 saturated heterocycles. The molecule has 2 aromatic rings. The number of aromatic nitrogens is 2. The number of morpholine rings is 1. The molecule has 0 bridgehead atoms. The van der Waals surface area contributed by atoms with Crippen LogP contribution in [0, 0.1) is 11.3 Å². The van der Waals surface area contributed by atoms with Gasteiger partial charge in [0.1, 0.15) is 11.6 Å².